The number of amides is 1. The van der Waals surface area contributed by atoms with Gasteiger partial charge >= 0.3 is 0 Å². The number of furan rings is 1. The molecule has 0 saturated carbocycles. The second-order valence-corrected chi connectivity index (χ2v) is 4.55. The number of carbonyl (C=O) groups is 1. The normalized spacial score (nSPS) is 10.3. The zero-order valence-electron chi connectivity index (χ0n) is 11.8. The van der Waals surface area contributed by atoms with E-state index in [1.54, 1.807) is 12.3 Å². The maximum atomic E-state index is 12.0. The van der Waals surface area contributed by atoms with Crippen molar-refractivity contribution in [1.82, 2.24) is 10.3 Å². The van der Waals surface area contributed by atoms with Crippen LogP contribution >= 0.6 is 0 Å². The molecule has 1 amide bonds. The topological polar surface area (TPSA) is 67.2 Å². The van der Waals surface area contributed by atoms with E-state index in [9.17, 15) is 4.79 Å². The molecule has 0 unspecified atom stereocenters. The molecule has 2 rings (SSSR count). The van der Waals surface area contributed by atoms with E-state index in [0.717, 1.165) is 30.2 Å². The maximum Gasteiger partial charge on any atom is 0.270 e. The Morgan fingerprint density at radius 1 is 1.35 bits per heavy atom. The van der Waals surface area contributed by atoms with Gasteiger partial charge in [-0.2, -0.15) is 0 Å². The summed E-state index contributed by atoms with van der Waals surface area (Å²) in [5.41, 5.74) is 1.30. The average Bonchev–Trinajstić information content (AvgIpc) is 2.88. The lowest BCUT2D eigenvalue weighted by atomic mass is 10.3. The third-order valence-corrected chi connectivity index (χ3v) is 2.79. The predicted octanol–water partition coefficient (Wildman–Crippen LogP) is 2.73. The minimum atomic E-state index is -0.209. The van der Waals surface area contributed by atoms with Crippen molar-refractivity contribution >= 4 is 11.6 Å². The van der Waals surface area contributed by atoms with Crippen LogP contribution in [0.2, 0.25) is 0 Å². The lowest BCUT2D eigenvalue weighted by Crippen LogP contribution is -2.23. The number of carbonyl (C=O) groups excluding carboxylic acids is 1. The Labute approximate surface area is 118 Å². The molecule has 2 aromatic rings. The molecule has 0 atom stereocenters. The number of hydrogen-bond donors (Lipinski definition) is 2. The highest BCUT2D eigenvalue weighted by atomic mass is 16.3. The molecule has 0 aliphatic rings. The number of nitrogens with zero attached hydrogens (tertiary/aromatic N) is 1. The predicted molar refractivity (Wildman–Crippen MR) is 77.6 cm³/mol. The van der Waals surface area contributed by atoms with Gasteiger partial charge in [-0.3, -0.25) is 9.78 Å². The zero-order valence-corrected chi connectivity index (χ0v) is 11.8. The molecule has 0 spiro atoms. The van der Waals surface area contributed by atoms with Crippen LogP contribution in [0.25, 0.3) is 0 Å². The molecule has 106 valence electrons. The van der Waals surface area contributed by atoms with E-state index in [4.69, 9.17) is 4.42 Å². The summed E-state index contributed by atoms with van der Waals surface area (Å²) in [5, 5.41) is 6.02. The molecule has 0 saturated heterocycles. The van der Waals surface area contributed by atoms with Gasteiger partial charge in [-0.05, 0) is 37.6 Å². The highest BCUT2D eigenvalue weighted by Crippen LogP contribution is 2.09. The van der Waals surface area contributed by atoms with Crippen LogP contribution in [-0.4, -0.2) is 17.4 Å². The number of aryl methyl sites for hydroxylation is 1. The Hall–Kier alpha value is -2.30. The Morgan fingerprint density at radius 2 is 2.20 bits per heavy atom. The molecule has 0 radical (unpaired) electrons. The second kappa shape index (κ2) is 6.75. The van der Waals surface area contributed by atoms with E-state index in [-0.39, 0.29) is 5.91 Å². The summed E-state index contributed by atoms with van der Waals surface area (Å²) in [6.45, 7) is 5.20. The van der Waals surface area contributed by atoms with Gasteiger partial charge in [0.05, 0.1) is 6.54 Å². The summed E-state index contributed by atoms with van der Waals surface area (Å²) in [6.07, 6.45) is 2.66. The molecule has 0 aromatic carbocycles. The van der Waals surface area contributed by atoms with Gasteiger partial charge in [-0.15, -0.1) is 0 Å². The van der Waals surface area contributed by atoms with Gasteiger partial charge in [0.25, 0.3) is 5.91 Å². The monoisotopic (exact) mass is 273 g/mol. The van der Waals surface area contributed by atoms with E-state index in [2.05, 4.69) is 22.5 Å². The number of nitrogens with one attached hydrogen (secondary N) is 2. The minimum Gasteiger partial charge on any atom is -0.465 e. The summed E-state index contributed by atoms with van der Waals surface area (Å²) < 4.78 is 5.40. The largest absolute Gasteiger partial charge is 0.465 e. The molecule has 2 aromatic heterocycles. The molecular formula is C15H19N3O2. The molecule has 0 bridgehead atoms. The third kappa shape index (κ3) is 3.85. The van der Waals surface area contributed by atoms with Crippen molar-refractivity contribution in [2.75, 3.05) is 11.9 Å². The van der Waals surface area contributed by atoms with Gasteiger partial charge in [0.1, 0.15) is 17.2 Å². The highest BCUT2D eigenvalue weighted by Gasteiger charge is 2.08. The fraction of sp³-hybridized carbons (Fsp3) is 0.333. The number of anilines is 1. The molecule has 5 heteroatoms. The second-order valence-electron chi connectivity index (χ2n) is 4.55. The Morgan fingerprint density at radius 3 is 2.90 bits per heavy atom. The van der Waals surface area contributed by atoms with E-state index >= 15 is 0 Å². The average molecular weight is 273 g/mol. The summed E-state index contributed by atoms with van der Waals surface area (Å²) in [4.78, 5) is 16.1. The van der Waals surface area contributed by atoms with Crippen LogP contribution in [0.3, 0.4) is 0 Å². The van der Waals surface area contributed by atoms with Crippen LogP contribution in [0, 0.1) is 6.92 Å². The quantitative estimate of drug-likeness (QED) is 0.849. The van der Waals surface area contributed by atoms with E-state index in [1.807, 2.05) is 25.1 Å². The number of aromatic nitrogens is 1. The smallest absolute Gasteiger partial charge is 0.270 e. The first-order valence-corrected chi connectivity index (χ1v) is 6.72. The van der Waals surface area contributed by atoms with Crippen LogP contribution in [0.4, 0.5) is 5.69 Å². The van der Waals surface area contributed by atoms with E-state index in [0.29, 0.717) is 12.2 Å². The molecule has 0 aliphatic carbocycles. The van der Waals surface area contributed by atoms with Crippen molar-refractivity contribution in [3.8, 4) is 0 Å². The SMILES string of the molecule is CCCNc1ccnc(C(=O)NCc2ccc(C)o2)c1. The Kier molecular flexibility index (Phi) is 4.76. The van der Waals surface area contributed by atoms with Crippen LogP contribution in [-0.2, 0) is 6.54 Å². The Balaban J connectivity index is 1.94. The molecule has 2 heterocycles. The Bertz CT molecular complexity index is 578. The first kappa shape index (κ1) is 14.1. The standard InChI is InChI=1S/C15H19N3O2/c1-3-7-16-12-6-8-17-14(9-12)15(19)18-10-13-5-4-11(2)20-13/h4-6,8-9H,3,7,10H2,1-2H3,(H,16,17)(H,18,19). The molecule has 0 aliphatic heterocycles. The zero-order chi connectivity index (χ0) is 14.4. The van der Waals surface area contributed by atoms with Crippen LogP contribution in [0.5, 0.6) is 0 Å². The summed E-state index contributed by atoms with van der Waals surface area (Å²) >= 11 is 0. The molecule has 2 N–H and O–H groups in total. The maximum absolute atomic E-state index is 12.0. The van der Waals surface area contributed by atoms with E-state index in [1.165, 1.54) is 0 Å². The van der Waals surface area contributed by atoms with Crippen molar-refractivity contribution in [3.05, 3.63) is 47.7 Å². The summed E-state index contributed by atoms with van der Waals surface area (Å²) in [5.74, 6) is 1.36. The van der Waals surface area contributed by atoms with E-state index < -0.39 is 0 Å². The van der Waals surface area contributed by atoms with Crippen molar-refractivity contribution in [2.45, 2.75) is 26.8 Å². The summed E-state index contributed by atoms with van der Waals surface area (Å²) in [7, 11) is 0. The molecule has 5 nitrogen and oxygen atoms in total. The van der Waals surface area contributed by atoms with Gasteiger partial charge in [-0.1, -0.05) is 6.92 Å². The van der Waals surface area contributed by atoms with Gasteiger partial charge in [0.15, 0.2) is 0 Å². The van der Waals surface area contributed by atoms with Crippen LogP contribution in [0.15, 0.2) is 34.9 Å². The molecule has 0 fully saturated rings. The van der Waals surface area contributed by atoms with Gasteiger partial charge in [-0.25, -0.2) is 0 Å². The van der Waals surface area contributed by atoms with Gasteiger partial charge in [0.2, 0.25) is 0 Å². The van der Waals surface area contributed by atoms with Crippen molar-refractivity contribution in [3.63, 3.8) is 0 Å². The van der Waals surface area contributed by atoms with Gasteiger partial charge < -0.3 is 15.1 Å². The summed E-state index contributed by atoms with van der Waals surface area (Å²) in [6, 6.07) is 7.32. The molecule has 20 heavy (non-hydrogen) atoms. The van der Waals surface area contributed by atoms with Crippen molar-refractivity contribution < 1.29 is 9.21 Å². The number of hydrogen-bond acceptors (Lipinski definition) is 4. The van der Waals surface area contributed by atoms with Crippen LogP contribution in [0.1, 0.15) is 35.4 Å². The van der Waals surface area contributed by atoms with Crippen LogP contribution < -0.4 is 10.6 Å². The lowest BCUT2D eigenvalue weighted by molar-refractivity contribution is 0.0943. The first-order chi connectivity index (χ1) is 9.69. The lowest BCUT2D eigenvalue weighted by Gasteiger charge is -2.07. The fourth-order valence-electron chi connectivity index (χ4n) is 1.77. The van der Waals surface area contributed by atoms with Crippen molar-refractivity contribution in [2.24, 2.45) is 0 Å². The van der Waals surface area contributed by atoms with Gasteiger partial charge in [0, 0.05) is 18.4 Å². The fourth-order valence-corrected chi connectivity index (χ4v) is 1.77. The third-order valence-electron chi connectivity index (χ3n) is 2.79. The van der Waals surface area contributed by atoms with Crippen molar-refractivity contribution in [1.29, 1.82) is 0 Å². The molecular weight excluding hydrogens is 254 g/mol. The highest BCUT2D eigenvalue weighted by molar-refractivity contribution is 5.93. The minimum absolute atomic E-state index is 0.209. The number of rotatable bonds is 6. The first-order valence-electron chi connectivity index (χ1n) is 6.72. The number of pyridine rings is 1.